The van der Waals surface area contributed by atoms with Gasteiger partial charge in [-0.05, 0) is 56.4 Å². The predicted octanol–water partition coefficient (Wildman–Crippen LogP) is 1.49. The standard InChI is InChI=1S/C17H25N5O2S2/c1-11(18)10-14(17(2,3)26(5,23)24)22-15(19)12-6-8-13(9-7-12)21-16(25)20-4/h6-10H,1,18H2,2-5H3,(H2,19,22)(H2,20,21,25)/b14-10-. The molecule has 0 radical (unpaired) electrons. The fourth-order valence-electron chi connectivity index (χ4n) is 1.82. The maximum Gasteiger partial charge on any atom is 0.170 e. The van der Waals surface area contributed by atoms with Crippen molar-refractivity contribution >= 4 is 38.7 Å². The summed E-state index contributed by atoms with van der Waals surface area (Å²) in [5.41, 5.74) is 13.5. The molecule has 0 amide bonds. The Bertz CT molecular complexity index is 854. The van der Waals surface area contributed by atoms with E-state index in [1.165, 1.54) is 6.08 Å². The number of rotatable bonds is 6. The number of hydrogen-bond acceptors (Lipinski definition) is 5. The van der Waals surface area contributed by atoms with Crippen molar-refractivity contribution < 1.29 is 8.42 Å². The number of amidine groups is 1. The largest absolute Gasteiger partial charge is 0.399 e. The van der Waals surface area contributed by atoms with Crippen LogP contribution in [0.5, 0.6) is 0 Å². The molecular formula is C17H25N5O2S2. The van der Waals surface area contributed by atoms with Crippen molar-refractivity contribution in [2.24, 2.45) is 16.5 Å². The average molecular weight is 396 g/mol. The second kappa shape index (κ2) is 8.33. The van der Waals surface area contributed by atoms with Crippen LogP contribution in [-0.2, 0) is 9.84 Å². The summed E-state index contributed by atoms with van der Waals surface area (Å²) < 4.78 is 23.0. The summed E-state index contributed by atoms with van der Waals surface area (Å²) >= 11 is 5.04. The van der Waals surface area contributed by atoms with Crippen molar-refractivity contribution in [3.63, 3.8) is 0 Å². The first-order valence-corrected chi connectivity index (χ1v) is 9.98. The topological polar surface area (TPSA) is 123 Å². The van der Waals surface area contributed by atoms with Gasteiger partial charge in [-0.15, -0.1) is 0 Å². The van der Waals surface area contributed by atoms with E-state index < -0.39 is 14.6 Å². The van der Waals surface area contributed by atoms with E-state index in [4.69, 9.17) is 23.7 Å². The molecule has 26 heavy (non-hydrogen) atoms. The number of thiocarbonyl (C=S) groups is 1. The molecule has 0 heterocycles. The van der Waals surface area contributed by atoms with Crippen molar-refractivity contribution in [2.75, 3.05) is 18.6 Å². The molecule has 0 aliphatic heterocycles. The van der Waals surface area contributed by atoms with Gasteiger partial charge in [0, 0.05) is 30.3 Å². The second-order valence-electron chi connectivity index (χ2n) is 6.17. The smallest absolute Gasteiger partial charge is 0.170 e. The number of sulfone groups is 1. The van der Waals surface area contributed by atoms with Gasteiger partial charge in [0.2, 0.25) is 0 Å². The zero-order chi connectivity index (χ0) is 20.1. The molecule has 9 heteroatoms. The molecule has 1 aromatic carbocycles. The SMILES string of the molecule is C=C(N)/C=C(\N=C(/N)c1ccc(NC(=S)NC)cc1)C(C)(C)S(C)(=O)=O. The Balaban J connectivity index is 3.26. The zero-order valence-corrected chi connectivity index (χ0v) is 17.0. The maximum atomic E-state index is 12.1. The van der Waals surface area contributed by atoms with E-state index in [9.17, 15) is 8.42 Å². The molecular weight excluding hydrogens is 370 g/mol. The number of benzene rings is 1. The molecule has 1 rings (SSSR count). The van der Waals surface area contributed by atoms with Crippen LogP contribution >= 0.6 is 12.2 Å². The first-order chi connectivity index (χ1) is 11.9. The van der Waals surface area contributed by atoms with E-state index in [0.717, 1.165) is 11.9 Å². The quantitative estimate of drug-likeness (QED) is 0.249. The number of nitrogens with zero attached hydrogens (tertiary/aromatic N) is 1. The summed E-state index contributed by atoms with van der Waals surface area (Å²) in [6, 6.07) is 7.08. The van der Waals surface area contributed by atoms with E-state index in [1.54, 1.807) is 45.2 Å². The summed E-state index contributed by atoms with van der Waals surface area (Å²) in [5, 5.41) is 6.29. The fourth-order valence-corrected chi connectivity index (χ4v) is 2.42. The summed E-state index contributed by atoms with van der Waals surface area (Å²) in [5.74, 6) is 0.164. The number of aliphatic imine (C=N–C) groups is 1. The first kappa shape index (κ1) is 21.7. The molecule has 1 aromatic rings. The van der Waals surface area contributed by atoms with Crippen molar-refractivity contribution in [3.05, 3.63) is 53.9 Å². The Hall–Kier alpha value is -2.39. The Kier molecular flexibility index (Phi) is 6.93. The molecule has 6 N–H and O–H groups in total. The molecule has 142 valence electrons. The van der Waals surface area contributed by atoms with Crippen molar-refractivity contribution in [3.8, 4) is 0 Å². The van der Waals surface area contributed by atoms with Crippen molar-refractivity contribution in [1.82, 2.24) is 5.32 Å². The second-order valence-corrected chi connectivity index (χ2v) is 9.14. The van der Waals surface area contributed by atoms with Crippen molar-refractivity contribution in [1.29, 1.82) is 0 Å². The summed E-state index contributed by atoms with van der Waals surface area (Å²) in [6.07, 6.45) is 2.55. The third-order valence-corrected chi connectivity index (χ3v) is 6.14. The van der Waals surface area contributed by atoms with Crippen LogP contribution in [0.15, 0.2) is 53.3 Å². The number of nitrogens with two attached hydrogens (primary N) is 2. The number of anilines is 1. The molecule has 0 unspecified atom stereocenters. The highest BCUT2D eigenvalue weighted by atomic mass is 32.2. The highest BCUT2D eigenvalue weighted by Gasteiger charge is 2.35. The maximum absolute atomic E-state index is 12.1. The minimum atomic E-state index is -3.46. The van der Waals surface area contributed by atoms with E-state index in [0.29, 0.717) is 10.7 Å². The van der Waals surface area contributed by atoms with Crippen LogP contribution in [0.25, 0.3) is 0 Å². The summed E-state index contributed by atoms with van der Waals surface area (Å²) in [6.45, 7) is 6.67. The summed E-state index contributed by atoms with van der Waals surface area (Å²) in [7, 11) is -1.74. The highest BCUT2D eigenvalue weighted by molar-refractivity contribution is 7.92. The zero-order valence-electron chi connectivity index (χ0n) is 15.3. The lowest BCUT2D eigenvalue weighted by Gasteiger charge is -2.23. The van der Waals surface area contributed by atoms with E-state index in [1.807, 2.05) is 0 Å². The van der Waals surface area contributed by atoms with Crippen LogP contribution in [0.4, 0.5) is 5.69 Å². The molecule has 0 spiro atoms. The lowest BCUT2D eigenvalue weighted by Crippen LogP contribution is -2.34. The minimum absolute atomic E-state index is 0.164. The van der Waals surface area contributed by atoms with Gasteiger partial charge < -0.3 is 22.1 Å². The van der Waals surface area contributed by atoms with E-state index in [-0.39, 0.29) is 17.2 Å². The highest BCUT2D eigenvalue weighted by Crippen LogP contribution is 2.27. The van der Waals surface area contributed by atoms with Gasteiger partial charge in [0.1, 0.15) is 10.6 Å². The molecule has 7 nitrogen and oxygen atoms in total. The Labute approximate surface area is 160 Å². The van der Waals surface area contributed by atoms with Gasteiger partial charge in [-0.1, -0.05) is 6.58 Å². The van der Waals surface area contributed by atoms with Crippen LogP contribution in [0.2, 0.25) is 0 Å². The molecule has 0 saturated carbocycles. The molecule has 0 saturated heterocycles. The van der Waals surface area contributed by atoms with Crippen LogP contribution < -0.4 is 22.1 Å². The Morgan fingerprint density at radius 1 is 1.27 bits per heavy atom. The normalized spacial score (nSPS) is 13.2. The van der Waals surface area contributed by atoms with Gasteiger partial charge >= 0.3 is 0 Å². The molecule has 0 aromatic heterocycles. The van der Waals surface area contributed by atoms with Gasteiger partial charge in [0.25, 0.3) is 0 Å². The van der Waals surface area contributed by atoms with E-state index >= 15 is 0 Å². The number of hydrogen-bond donors (Lipinski definition) is 4. The van der Waals surface area contributed by atoms with Crippen LogP contribution in [-0.4, -0.2) is 37.4 Å². The van der Waals surface area contributed by atoms with Crippen molar-refractivity contribution in [2.45, 2.75) is 18.6 Å². The van der Waals surface area contributed by atoms with E-state index in [2.05, 4.69) is 22.2 Å². The summed E-state index contributed by atoms with van der Waals surface area (Å²) in [4.78, 5) is 4.31. The molecule has 0 bridgehead atoms. The number of nitrogens with one attached hydrogen (secondary N) is 2. The minimum Gasteiger partial charge on any atom is -0.399 e. The molecule has 0 atom stereocenters. The van der Waals surface area contributed by atoms with Gasteiger partial charge in [0.05, 0.1) is 5.70 Å². The van der Waals surface area contributed by atoms with Crippen LogP contribution in [0, 0.1) is 0 Å². The third-order valence-electron chi connectivity index (χ3n) is 3.77. The Morgan fingerprint density at radius 3 is 2.23 bits per heavy atom. The number of allylic oxidation sites excluding steroid dienone is 1. The van der Waals surface area contributed by atoms with Gasteiger partial charge in [-0.3, -0.25) is 0 Å². The fraction of sp³-hybridized carbons (Fsp3) is 0.294. The molecule has 0 aliphatic rings. The van der Waals surface area contributed by atoms with Crippen LogP contribution in [0.3, 0.4) is 0 Å². The molecule has 0 aliphatic carbocycles. The van der Waals surface area contributed by atoms with Gasteiger partial charge in [-0.2, -0.15) is 0 Å². The van der Waals surface area contributed by atoms with Gasteiger partial charge in [-0.25, -0.2) is 13.4 Å². The lowest BCUT2D eigenvalue weighted by atomic mass is 10.1. The first-order valence-electron chi connectivity index (χ1n) is 7.68. The molecule has 0 fully saturated rings. The Morgan fingerprint density at radius 2 is 1.81 bits per heavy atom. The third kappa shape index (κ3) is 5.57. The monoisotopic (exact) mass is 395 g/mol. The van der Waals surface area contributed by atoms with Crippen LogP contribution in [0.1, 0.15) is 19.4 Å². The van der Waals surface area contributed by atoms with Gasteiger partial charge in [0.15, 0.2) is 14.9 Å². The lowest BCUT2D eigenvalue weighted by molar-refractivity contribution is 0.571. The predicted molar refractivity (Wildman–Crippen MR) is 113 cm³/mol. The average Bonchev–Trinajstić information content (AvgIpc) is 2.53.